The standard InChI is InChI=1S/C17H16F2N2O5/c18-14(19)9-26-13-4-2-1-3-11(13)15-16(22)12(17(23)24)6-21(20-15)5-10-7-25-8-10/h1-4,6,10,14H,5,7-9H2,(H,23,24). The minimum atomic E-state index is -2.68. The van der Waals surface area contributed by atoms with E-state index in [1.54, 1.807) is 12.1 Å². The Morgan fingerprint density at radius 2 is 2.12 bits per heavy atom. The van der Waals surface area contributed by atoms with Crippen LogP contribution >= 0.6 is 0 Å². The molecule has 2 aromatic rings. The fraction of sp³-hybridized carbons (Fsp3) is 0.353. The Morgan fingerprint density at radius 3 is 2.73 bits per heavy atom. The highest BCUT2D eigenvalue weighted by atomic mass is 19.3. The van der Waals surface area contributed by atoms with Crippen molar-refractivity contribution in [2.24, 2.45) is 5.92 Å². The molecular weight excluding hydrogens is 350 g/mol. The molecule has 0 aliphatic carbocycles. The zero-order valence-corrected chi connectivity index (χ0v) is 13.6. The van der Waals surface area contributed by atoms with Crippen molar-refractivity contribution in [3.63, 3.8) is 0 Å². The van der Waals surface area contributed by atoms with Gasteiger partial charge in [-0.05, 0) is 12.1 Å². The predicted molar refractivity (Wildman–Crippen MR) is 86.7 cm³/mol. The van der Waals surface area contributed by atoms with Crippen LogP contribution in [0.4, 0.5) is 8.78 Å². The first-order chi connectivity index (χ1) is 12.5. The third-order valence-electron chi connectivity index (χ3n) is 3.86. The lowest BCUT2D eigenvalue weighted by atomic mass is 10.1. The van der Waals surface area contributed by atoms with Gasteiger partial charge in [-0.1, -0.05) is 12.1 Å². The molecule has 0 spiro atoms. The molecule has 1 fully saturated rings. The first-order valence-electron chi connectivity index (χ1n) is 7.89. The van der Waals surface area contributed by atoms with Crippen LogP contribution in [0.1, 0.15) is 10.4 Å². The Balaban J connectivity index is 2.05. The van der Waals surface area contributed by atoms with E-state index in [1.165, 1.54) is 23.0 Å². The number of benzene rings is 1. The zero-order valence-electron chi connectivity index (χ0n) is 13.6. The second kappa shape index (κ2) is 7.61. The quantitative estimate of drug-likeness (QED) is 0.805. The van der Waals surface area contributed by atoms with Crippen molar-refractivity contribution in [1.29, 1.82) is 0 Å². The second-order valence-electron chi connectivity index (χ2n) is 5.85. The summed E-state index contributed by atoms with van der Waals surface area (Å²) in [6.07, 6.45) is -1.51. The van der Waals surface area contributed by atoms with Crippen LogP contribution in [0, 0.1) is 5.92 Å². The van der Waals surface area contributed by atoms with Crippen molar-refractivity contribution in [1.82, 2.24) is 9.78 Å². The van der Waals surface area contributed by atoms with E-state index < -0.39 is 30.0 Å². The number of halogens is 2. The van der Waals surface area contributed by atoms with Crippen molar-refractivity contribution < 1.29 is 28.2 Å². The van der Waals surface area contributed by atoms with E-state index in [1.807, 2.05) is 0 Å². The topological polar surface area (TPSA) is 90.7 Å². The molecule has 0 radical (unpaired) electrons. The summed E-state index contributed by atoms with van der Waals surface area (Å²) in [6.45, 7) is 0.593. The molecule has 138 valence electrons. The van der Waals surface area contributed by atoms with Gasteiger partial charge in [0.15, 0.2) is 0 Å². The highest BCUT2D eigenvalue weighted by Crippen LogP contribution is 2.27. The van der Waals surface area contributed by atoms with Gasteiger partial charge < -0.3 is 14.6 Å². The van der Waals surface area contributed by atoms with Gasteiger partial charge in [0, 0.05) is 24.2 Å². The second-order valence-corrected chi connectivity index (χ2v) is 5.85. The van der Waals surface area contributed by atoms with Crippen LogP contribution < -0.4 is 10.2 Å². The first-order valence-corrected chi connectivity index (χ1v) is 7.89. The Morgan fingerprint density at radius 1 is 1.38 bits per heavy atom. The maximum atomic E-state index is 12.5. The highest BCUT2D eigenvalue weighted by molar-refractivity contribution is 5.88. The summed E-state index contributed by atoms with van der Waals surface area (Å²) >= 11 is 0. The van der Waals surface area contributed by atoms with E-state index in [4.69, 9.17) is 9.47 Å². The van der Waals surface area contributed by atoms with Gasteiger partial charge in [-0.3, -0.25) is 9.48 Å². The van der Waals surface area contributed by atoms with Crippen molar-refractivity contribution >= 4 is 5.97 Å². The molecule has 0 atom stereocenters. The largest absolute Gasteiger partial charge is 0.487 e. The van der Waals surface area contributed by atoms with E-state index in [2.05, 4.69) is 5.10 Å². The number of para-hydroxylation sites is 1. The summed E-state index contributed by atoms with van der Waals surface area (Å²) in [6, 6.07) is 6.06. The smallest absolute Gasteiger partial charge is 0.341 e. The molecule has 0 bridgehead atoms. The summed E-state index contributed by atoms with van der Waals surface area (Å²) in [4.78, 5) is 24.0. The van der Waals surface area contributed by atoms with Gasteiger partial charge in [-0.25, -0.2) is 13.6 Å². The van der Waals surface area contributed by atoms with Crippen LogP contribution in [0.5, 0.6) is 5.75 Å². The molecule has 2 heterocycles. The first kappa shape index (κ1) is 18.0. The molecule has 9 heteroatoms. The molecule has 7 nitrogen and oxygen atoms in total. The number of hydrogen-bond acceptors (Lipinski definition) is 5. The highest BCUT2D eigenvalue weighted by Gasteiger charge is 2.23. The monoisotopic (exact) mass is 366 g/mol. The lowest BCUT2D eigenvalue weighted by Crippen LogP contribution is -2.33. The van der Waals surface area contributed by atoms with Crippen molar-refractivity contribution in [2.75, 3.05) is 19.8 Å². The molecule has 1 N–H and O–H groups in total. The maximum absolute atomic E-state index is 12.5. The fourth-order valence-corrected chi connectivity index (χ4v) is 2.56. The van der Waals surface area contributed by atoms with Gasteiger partial charge in [-0.2, -0.15) is 5.10 Å². The maximum Gasteiger partial charge on any atom is 0.341 e. The molecule has 1 aromatic heterocycles. The number of ether oxygens (including phenoxy) is 2. The van der Waals surface area contributed by atoms with E-state index in [9.17, 15) is 23.5 Å². The normalized spacial score (nSPS) is 14.3. The van der Waals surface area contributed by atoms with E-state index in [0.717, 1.165) is 0 Å². The summed E-state index contributed by atoms with van der Waals surface area (Å²) < 4.78 is 36.4. The molecule has 0 unspecified atom stereocenters. The van der Waals surface area contributed by atoms with Crippen molar-refractivity contribution in [3.05, 3.63) is 46.2 Å². The molecule has 1 saturated heterocycles. The number of rotatable bonds is 7. The zero-order chi connectivity index (χ0) is 18.7. The predicted octanol–water partition coefficient (Wildman–Crippen LogP) is 1.90. The number of carbonyl (C=O) groups is 1. The Hall–Kier alpha value is -2.81. The molecule has 1 aliphatic rings. The van der Waals surface area contributed by atoms with Crippen LogP contribution in [-0.2, 0) is 11.3 Å². The van der Waals surface area contributed by atoms with Gasteiger partial charge in [0.25, 0.3) is 6.43 Å². The van der Waals surface area contributed by atoms with Gasteiger partial charge in [-0.15, -0.1) is 0 Å². The van der Waals surface area contributed by atoms with E-state index in [0.29, 0.717) is 19.8 Å². The van der Waals surface area contributed by atoms with Crippen molar-refractivity contribution in [3.8, 4) is 17.0 Å². The van der Waals surface area contributed by atoms with Gasteiger partial charge in [0.1, 0.15) is 23.6 Å². The summed E-state index contributed by atoms with van der Waals surface area (Å²) in [5.41, 5.74) is -1.24. The number of carboxylic acid groups (broad SMARTS) is 1. The Bertz CT molecular complexity index is 864. The molecule has 0 saturated carbocycles. The average molecular weight is 366 g/mol. The third kappa shape index (κ3) is 3.88. The van der Waals surface area contributed by atoms with Crippen LogP contribution in [0.2, 0.25) is 0 Å². The summed E-state index contributed by atoms with van der Waals surface area (Å²) in [7, 11) is 0. The molecular formula is C17H16F2N2O5. The number of aromatic carboxylic acids is 1. The number of aromatic nitrogens is 2. The number of nitrogens with zero attached hydrogens (tertiary/aromatic N) is 2. The SMILES string of the molecule is O=C(O)c1cn(CC2COC2)nc(-c2ccccc2OCC(F)F)c1=O. The summed E-state index contributed by atoms with van der Waals surface area (Å²) in [5, 5.41) is 13.5. The average Bonchev–Trinajstić information content (AvgIpc) is 2.57. The van der Waals surface area contributed by atoms with Crippen molar-refractivity contribution in [2.45, 2.75) is 13.0 Å². The van der Waals surface area contributed by atoms with Crippen LogP contribution in [0.25, 0.3) is 11.3 Å². The van der Waals surface area contributed by atoms with Crippen LogP contribution in [-0.4, -0.2) is 47.1 Å². The minimum Gasteiger partial charge on any atom is -0.487 e. The van der Waals surface area contributed by atoms with Gasteiger partial charge in [0.2, 0.25) is 5.43 Å². The summed E-state index contributed by atoms with van der Waals surface area (Å²) in [5.74, 6) is -1.17. The van der Waals surface area contributed by atoms with Crippen LogP contribution in [0.15, 0.2) is 35.3 Å². The fourth-order valence-electron chi connectivity index (χ4n) is 2.56. The third-order valence-corrected chi connectivity index (χ3v) is 3.86. The molecule has 26 heavy (non-hydrogen) atoms. The minimum absolute atomic E-state index is 0.0402. The lowest BCUT2D eigenvalue weighted by Gasteiger charge is -2.26. The lowest BCUT2D eigenvalue weighted by molar-refractivity contribution is -0.0410. The van der Waals surface area contributed by atoms with Crippen LogP contribution in [0.3, 0.4) is 0 Å². The molecule has 0 amide bonds. The van der Waals surface area contributed by atoms with E-state index >= 15 is 0 Å². The van der Waals surface area contributed by atoms with Gasteiger partial charge in [0.05, 0.1) is 13.2 Å². The Labute approximate surface area is 146 Å². The van der Waals surface area contributed by atoms with E-state index in [-0.39, 0.29) is 22.9 Å². The number of hydrogen-bond donors (Lipinski definition) is 1. The van der Waals surface area contributed by atoms with Gasteiger partial charge >= 0.3 is 5.97 Å². The molecule has 1 aromatic carbocycles. The number of alkyl halides is 2. The molecule has 1 aliphatic heterocycles. The molecule has 3 rings (SSSR count). The Kier molecular flexibility index (Phi) is 5.27. The number of carboxylic acids is 1.